The number of hydrogen-bond acceptors (Lipinski definition) is 2. The lowest BCUT2D eigenvalue weighted by Gasteiger charge is -2.22. The third-order valence-electron chi connectivity index (χ3n) is 4.09. The van der Waals surface area contributed by atoms with Gasteiger partial charge in [0.1, 0.15) is 5.75 Å². The minimum absolute atomic E-state index is 0.176. The first-order chi connectivity index (χ1) is 10.0. The average molecular weight is 412 g/mol. The molecule has 0 unspecified atom stereocenters. The van der Waals surface area contributed by atoms with Crippen molar-refractivity contribution in [3.8, 4) is 5.75 Å². The third kappa shape index (κ3) is 3.20. The fraction of sp³-hybridized carbons (Fsp3) is 0.294. The second-order valence-electron chi connectivity index (χ2n) is 5.62. The smallest absolute Gasteiger partial charge is 0.134 e. The molecule has 1 N–H and O–H groups in total. The van der Waals surface area contributed by atoms with Crippen LogP contribution in [0.5, 0.6) is 5.75 Å². The Kier molecular flexibility index (Phi) is 4.43. The van der Waals surface area contributed by atoms with Gasteiger partial charge in [-0.3, -0.25) is 0 Å². The highest BCUT2D eigenvalue weighted by Crippen LogP contribution is 2.36. The van der Waals surface area contributed by atoms with Gasteiger partial charge in [0.05, 0.1) is 5.02 Å². The van der Waals surface area contributed by atoms with E-state index in [9.17, 15) is 5.11 Å². The van der Waals surface area contributed by atoms with Crippen molar-refractivity contribution in [3.05, 3.63) is 61.7 Å². The fourth-order valence-corrected chi connectivity index (χ4v) is 3.73. The highest BCUT2D eigenvalue weighted by Gasteiger charge is 2.24. The van der Waals surface area contributed by atoms with Gasteiger partial charge in [-0.2, -0.15) is 0 Å². The summed E-state index contributed by atoms with van der Waals surface area (Å²) in [5.74, 6) is 0.445. The molecule has 0 radical (unpaired) electrons. The molecule has 0 saturated heterocycles. The van der Waals surface area contributed by atoms with Crippen LogP contribution in [-0.2, 0) is 6.42 Å². The first-order valence-corrected chi connectivity index (χ1v) is 8.45. The maximum absolute atomic E-state index is 10.0. The molecule has 1 aliphatic heterocycles. The molecule has 1 atom stereocenters. The number of likely N-dealkylation sites (N-methyl/N-ethyl adjacent to an activating group) is 1. The van der Waals surface area contributed by atoms with E-state index in [2.05, 4.69) is 58.8 Å². The van der Waals surface area contributed by atoms with Gasteiger partial charge in [-0.05, 0) is 77.0 Å². The molecule has 4 heteroatoms. The van der Waals surface area contributed by atoms with Crippen LogP contribution in [0.1, 0.15) is 22.6 Å². The topological polar surface area (TPSA) is 23.5 Å². The van der Waals surface area contributed by atoms with E-state index < -0.39 is 0 Å². The molecule has 0 aliphatic carbocycles. The zero-order valence-electron chi connectivity index (χ0n) is 11.8. The average Bonchev–Trinajstić information content (AvgIpc) is 2.60. The van der Waals surface area contributed by atoms with E-state index in [1.807, 2.05) is 12.1 Å². The summed E-state index contributed by atoms with van der Waals surface area (Å²) in [5.41, 5.74) is 3.73. The molecule has 3 rings (SSSR count). The van der Waals surface area contributed by atoms with Crippen LogP contribution in [0, 0.1) is 3.57 Å². The molecule has 110 valence electrons. The summed E-state index contributed by atoms with van der Waals surface area (Å²) in [6, 6.07) is 12.4. The summed E-state index contributed by atoms with van der Waals surface area (Å²) >= 11 is 8.43. The van der Waals surface area contributed by atoms with Crippen LogP contribution in [0.25, 0.3) is 0 Å². The first-order valence-electron chi connectivity index (χ1n) is 7.00. The zero-order chi connectivity index (χ0) is 15.0. The number of halogens is 2. The molecule has 0 spiro atoms. The van der Waals surface area contributed by atoms with E-state index in [1.54, 1.807) is 0 Å². The molecule has 2 aromatic carbocycles. The van der Waals surface area contributed by atoms with Crippen LogP contribution in [0.2, 0.25) is 5.02 Å². The molecule has 0 fully saturated rings. The molecule has 1 heterocycles. The number of fused-ring (bicyclic) bond motifs is 1. The molecule has 1 aliphatic rings. The van der Waals surface area contributed by atoms with Crippen LogP contribution in [0.4, 0.5) is 0 Å². The standard InChI is InChI=1S/C17H17ClINO/c1-20-6-5-12-8-16(18)17(21)9-14(12)15(10-20)11-3-2-4-13(19)7-11/h2-4,7-9,15,21H,5-6,10H2,1H3/t15-/m1/s1/i19-2. The lowest BCUT2D eigenvalue weighted by molar-refractivity contribution is 0.338. The number of benzene rings is 2. The number of phenolic OH excluding ortho intramolecular Hbond substituents is 1. The Labute approximate surface area is 143 Å². The van der Waals surface area contributed by atoms with Crippen molar-refractivity contribution in [1.82, 2.24) is 4.90 Å². The Bertz CT molecular complexity index is 674. The summed E-state index contributed by atoms with van der Waals surface area (Å²) < 4.78 is 1.23. The maximum Gasteiger partial charge on any atom is 0.134 e. The van der Waals surface area contributed by atoms with Crippen molar-refractivity contribution >= 4 is 34.2 Å². The summed E-state index contributed by atoms with van der Waals surface area (Å²) in [5, 5.41) is 10.4. The van der Waals surface area contributed by atoms with E-state index in [-0.39, 0.29) is 11.7 Å². The van der Waals surface area contributed by atoms with Crippen LogP contribution in [-0.4, -0.2) is 30.1 Å². The van der Waals surface area contributed by atoms with Crippen molar-refractivity contribution < 1.29 is 5.11 Å². The van der Waals surface area contributed by atoms with E-state index in [1.165, 1.54) is 20.3 Å². The summed E-state index contributed by atoms with van der Waals surface area (Å²) in [7, 11) is 2.15. The van der Waals surface area contributed by atoms with E-state index in [0.29, 0.717) is 5.02 Å². The molecular formula is C17H17ClINO. The number of phenols is 1. The number of aromatic hydroxyl groups is 1. The zero-order valence-corrected chi connectivity index (χ0v) is 14.7. The Morgan fingerprint density at radius 1 is 1.29 bits per heavy atom. The van der Waals surface area contributed by atoms with Gasteiger partial charge >= 0.3 is 0 Å². The molecule has 2 aromatic rings. The van der Waals surface area contributed by atoms with E-state index >= 15 is 0 Å². The molecule has 0 bridgehead atoms. The van der Waals surface area contributed by atoms with Gasteiger partial charge in [-0.25, -0.2) is 0 Å². The second-order valence-corrected chi connectivity index (χ2v) is 7.28. The first kappa shape index (κ1) is 15.1. The second kappa shape index (κ2) is 6.15. The summed E-state index contributed by atoms with van der Waals surface area (Å²) in [6.07, 6.45) is 0.965. The third-order valence-corrected chi connectivity index (χ3v) is 5.07. The lowest BCUT2D eigenvalue weighted by atomic mass is 9.88. The normalized spacial score (nSPS) is 19.1. The highest BCUT2D eigenvalue weighted by molar-refractivity contribution is 14.1. The van der Waals surface area contributed by atoms with Crippen molar-refractivity contribution in [2.75, 3.05) is 20.1 Å². The van der Waals surface area contributed by atoms with Gasteiger partial charge in [-0.1, -0.05) is 23.7 Å². The highest BCUT2D eigenvalue weighted by atomic mass is 125. The van der Waals surface area contributed by atoms with Crippen molar-refractivity contribution in [1.29, 1.82) is 0 Å². The molecule has 2 nitrogen and oxygen atoms in total. The Morgan fingerprint density at radius 2 is 2.10 bits per heavy atom. The summed E-state index contributed by atoms with van der Waals surface area (Å²) in [6.45, 7) is 1.96. The van der Waals surface area contributed by atoms with E-state index in [0.717, 1.165) is 19.5 Å². The fourth-order valence-electron chi connectivity index (χ4n) is 2.98. The number of nitrogens with zero attached hydrogens (tertiary/aromatic N) is 1. The molecular weight excluding hydrogens is 395 g/mol. The molecule has 21 heavy (non-hydrogen) atoms. The van der Waals surface area contributed by atoms with Gasteiger partial charge < -0.3 is 10.0 Å². The summed E-state index contributed by atoms with van der Waals surface area (Å²) in [4.78, 5) is 2.34. The largest absolute Gasteiger partial charge is 0.506 e. The Balaban J connectivity index is 2.13. The van der Waals surface area contributed by atoms with Crippen molar-refractivity contribution in [2.45, 2.75) is 12.3 Å². The van der Waals surface area contributed by atoms with Gasteiger partial charge in [-0.15, -0.1) is 0 Å². The Morgan fingerprint density at radius 3 is 2.86 bits per heavy atom. The SMILES string of the molecule is CN1CCc2cc(Cl)c(O)cc2[C@@H](c2cccc([125I])c2)C1. The van der Waals surface area contributed by atoms with Crippen molar-refractivity contribution in [3.63, 3.8) is 0 Å². The number of hydrogen-bond donors (Lipinski definition) is 1. The van der Waals surface area contributed by atoms with Crippen LogP contribution >= 0.6 is 34.2 Å². The molecule has 0 amide bonds. The van der Waals surface area contributed by atoms with Gasteiger partial charge in [0.2, 0.25) is 0 Å². The predicted molar refractivity (Wildman–Crippen MR) is 95.3 cm³/mol. The maximum atomic E-state index is 10.0. The molecule has 0 aromatic heterocycles. The van der Waals surface area contributed by atoms with Gasteiger partial charge in [0.15, 0.2) is 0 Å². The number of rotatable bonds is 1. The van der Waals surface area contributed by atoms with Gasteiger partial charge in [0, 0.05) is 22.6 Å². The predicted octanol–water partition coefficient (Wildman–Crippen LogP) is 4.27. The van der Waals surface area contributed by atoms with Crippen LogP contribution in [0.15, 0.2) is 36.4 Å². The quantitative estimate of drug-likeness (QED) is 0.709. The Hall–Kier alpha value is -0.780. The van der Waals surface area contributed by atoms with Gasteiger partial charge in [0.25, 0.3) is 0 Å². The lowest BCUT2D eigenvalue weighted by Crippen LogP contribution is -2.24. The monoisotopic (exact) mass is 411 g/mol. The minimum Gasteiger partial charge on any atom is -0.506 e. The van der Waals surface area contributed by atoms with Crippen LogP contribution < -0.4 is 0 Å². The minimum atomic E-state index is 0.176. The van der Waals surface area contributed by atoms with Crippen molar-refractivity contribution in [2.24, 2.45) is 0 Å². The van der Waals surface area contributed by atoms with E-state index in [4.69, 9.17) is 11.6 Å². The van der Waals surface area contributed by atoms with Crippen LogP contribution in [0.3, 0.4) is 0 Å². The molecule has 0 saturated carbocycles.